The quantitative estimate of drug-likeness (QED) is 0.685. The Balaban J connectivity index is 1.80. The highest BCUT2D eigenvalue weighted by Gasteiger charge is 2.41. The van der Waals surface area contributed by atoms with Crippen LogP contribution in [0, 0.1) is 0 Å². The maximum absolute atomic E-state index is 13.2. The monoisotopic (exact) mass is 466 g/mol. The molecule has 8 heteroatoms. The molecule has 2 N–H and O–H groups in total. The SMILES string of the molecule is CNS(=O)(=O)c1cccc(CNC(=O)C2(c3ccc(Br)cc3)CCOCC2)c1. The first-order valence-corrected chi connectivity index (χ1v) is 11.3. The summed E-state index contributed by atoms with van der Waals surface area (Å²) in [5.41, 5.74) is 1.04. The number of nitrogens with one attached hydrogen (secondary N) is 2. The summed E-state index contributed by atoms with van der Waals surface area (Å²) in [6.45, 7) is 1.31. The Morgan fingerprint density at radius 1 is 1.14 bits per heavy atom. The van der Waals surface area contributed by atoms with E-state index in [0.717, 1.165) is 15.6 Å². The van der Waals surface area contributed by atoms with Crippen molar-refractivity contribution in [3.8, 4) is 0 Å². The van der Waals surface area contributed by atoms with Gasteiger partial charge >= 0.3 is 0 Å². The minimum atomic E-state index is -3.52. The Labute approximate surface area is 173 Å². The molecule has 0 saturated carbocycles. The van der Waals surface area contributed by atoms with Crippen LogP contribution in [0.3, 0.4) is 0 Å². The summed E-state index contributed by atoms with van der Waals surface area (Å²) in [4.78, 5) is 13.4. The molecule has 6 nitrogen and oxygen atoms in total. The zero-order chi connectivity index (χ0) is 20.2. The molecule has 1 aliphatic rings. The van der Waals surface area contributed by atoms with E-state index in [0.29, 0.717) is 26.1 Å². The van der Waals surface area contributed by atoms with E-state index < -0.39 is 15.4 Å². The number of amides is 1. The molecule has 150 valence electrons. The average Bonchev–Trinajstić information content (AvgIpc) is 2.73. The van der Waals surface area contributed by atoms with Crippen molar-refractivity contribution < 1.29 is 17.9 Å². The fourth-order valence-corrected chi connectivity index (χ4v) is 4.49. The van der Waals surface area contributed by atoms with Crippen molar-refractivity contribution in [3.05, 3.63) is 64.1 Å². The van der Waals surface area contributed by atoms with Gasteiger partial charge in [0, 0.05) is 24.2 Å². The lowest BCUT2D eigenvalue weighted by molar-refractivity contribution is -0.130. The second kappa shape index (κ2) is 8.73. The van der Waals surface area contributed by atoms with Crippen LogP contribution in [0.5, 0.6) is 0 Å². The van der Waals surface area contributed by atoms with Gasteiger partial charge in [-0.25, -0.2) is 13.1 Å². The van der Waals surface area contributed by atoms with Gasteiger partial charge in [0.2, 0.25) is 15.9 Å². The van der Waals surface area contributed by atoms with E-state index in [4.69, 9.17) is 4.74 Å². The van der Waals surface area contributed by atoms with E-state index in [-0.39, 0.29) is 17.3 Å². The standard InChI is InChI=1S/C20H23BrN2O4S/c1-22-28(25,26)18-4-2-3-15(13-18)14-23-19(24)20(9-11-27-12-10-20)16-5-7-17(21)8-6-16/h2-8,13,22H,9-12,14H2,1H3,(H,23,24). The number of halogens is 1. The number of benzene rings is 2. The lowest BCUT2D eigenvalue weighted by atomic mass is 9.73. The molecule has 28 heavy (non-hydrogen) atoms. The number of carbonyl (C=O) groups is 1. The van der Waals surface area contributed by atoms with Gasteiger partial charge in [0.05, 0.1) is 10.3 Å². The highest BCUT2D eigenvalue weighted by molar-refractivity contribution is 9.10. The summed E-state index contributed by atoms with van der Waals surface area (Å²) in [6.07, 6.45) is 1.21. The molecule has 0 unspecified atom stereocenters. The predicted octanol–water partition coefficient (Wildman–Crippen LogP) is 2.72. The number of hydrogen-bond acceptors (Lipinski definition) is 4. The highest BCUT2D eigenvalue weighted by Crippen LogP contribution is 2.36. The molecule has 0 bridgehead atoms. The Morgan fingerprint density at radius 2 is 1.82 bits per heavy atom. The fourth-order valence-electron chi connectivity index (χ4n) is 3.43. The predicted molar refractivity (Wildman–Crippen MR) is 110 cm³/mol. The van der Waals surface area contributed by atoms with Gasteiger partial charge in [0.25, 0.3) is 0 Å². The summed E-state index contributed by atoms with van der Waals surface area (Å²) < 4.78 is 32.7. The Hall–Kier alpha value is -1.74. The summed E-state index contributed by atoms with van der Waals surface area (Å²) in [6, 6.07) is 14.4. The first-order valence-electron chi connectivity index (χ1n) is 9.02. The van der Waals surface area contributed by atoms with Crippen LogP contribution >= 0.6 is 15.9 Å². The van der Waals surface area contributed by atoms with Crippen LogP contribution in [0.4, 0.5) is 0 Å². The largest absolute Gasteiger partial charge is 0.381 e. The summed E-state index contributed by atoms with van der Waals surface area (Å²) in [7, 11) is -2.15. The summed E-state index contributed by atoms with van der Waals surface area (Å²) >= 11 is 3.43. The molecular weight excluding hydrogens is 444 g/mol. The number of sulfonamides is 1. The number of carbonyl (C=O) groups excluding carboxylic acids is 1. The molecule has 0 aliphatic carbocycles. The normalized spacial score (nSPS) is 16.5. The van der Waals surface area contributed by atoms with Gasteiger partial charge in [-0.3, -0.25) is 4.79 Å². The molecule has 1 fully saturated rings. The summed E-state index contributed by atoms with van der Waals surface area (Å²) in [5.74, 6) is -0.0694. The van der Waals surface area contributed by atoms with Crippen LogP contribution < -0.4 is 10.0 Å². The Morgan fingerprint density at radius 3 is 2.46 bits per heavy atom. The van der Waals surface area contributed by atoms with Gasteiger partial charge in [-0.05, 0) is 55.3 Å². The molecule has 0 aromatic heterocycles. The second-order valence-corrected chi connectivity index (χ2v) is 9.54. The molecule has 2 aromatic carbocycles. The molecule has 0 atom stereocenters. The molecular formula is C20H23BrN2O4S. The zero-order valence-electron chi connectivity index (χ0n) is 15.6. The third-order valence-electron chi connectivity index (χ3n) is 5.11. The number of ether oxygens (including phenoxy) is 1. The second-order valence-electron chi connectivity index (χ2n) is 6.74. The van der Waals surface area contributed by atoms with Gasteiger partial charge in [0.1, 0.15) is 0 Å². The van der Waals surface area contributed by atoms with Gasteiger partial charge < -0.3 is 10.1 Å². The van der Waals surface area contributed by atoms with Gasteiger partial charge in [-0.15, -0.1) is 0 Å². The van der Waals surface area contributed by atoms with Crippen molar-refractivity contribution in [2.45, 2.75) is 29.7 Å². The van der Waals surface area contributed by atoms with E-state index in [1.165, 1.54) is 13.1 Å². The van der Waals surface area contributed by atoms with Crippen LogP contribution in [-0.2, 0) is 31.5 Å². The molecule has 1 saturated heterocycles. The Kier molecular flexibility index (Phi) is 6.54. The maximum atomic E-state index is 13.2. The molecule has 1 aliphatic heterocycles. The van der Waals surface area contributed by atoms with Crippen LogP contribution in [0.1, 0.15) is 24.0 Å². The van der Waals surface area contributed by atoms with E-state index in [9.17, 15) is 13.2 Å². The third-order valence-corrected chi connectivity index (χ3v) is 7.05. The van der Waals surface area contributed by atoms with Crippen LogP contribution in [0.25, 0.3) is 0 Å². The highest BCUT2D eigenvalue weighted by atomic mass is 79.9. The van der Waals surface area contributed by atoms with Gasteiger partial charge in [-0.1, -0.05) is 40.2 Å². The molecule has 2 aromatic rings. The smallest absolute Gasteiger partial charge is 0.240 e. The first-order chi connectivity index (χ1) is 13.4. The van der Waals surface area contributed by atoms with Crippen molar-refractivity contribution >= 4 is 31.9 Å². The average molecular weight is 467 g/mol. The van der Waals surface area contributed by atoms with Crippen molar-refractivity contribution in [1.82, 2.24) is 10.0 Å². The summed E-state index contributed by atoms with van der Waals surface area (Å²) in [5, 5.41) is 3.00. The Bertz CT molecular complexity index is 939. The lowest BCUT2D eigenvalue weighted by Gasteiger charge is -2.36. The number of hydrogen-bond donors (Lipinski definition) is 2. The van der Waals surface area contributed by atoms with E-state index in [2.05, 4.69) is 26.0 Å². The first kappa shape index (κ1) is 21.0. The number of rotatable bonds is 6. The molecule has 0 radical (unpaired) electrons. The molecule has 3 rings (SSSR count). The maximum Gasteiger partial charge on any atom is 0.240 e. The topological polar surface area (TPSA) is 84.5 Å². The zero-order valence-corrected chi connectivity index (χ0v) is 18.0. The molecule has 1 amide bonds. The van der Waals surface area contributed by atoms with Crippen molar-refractivity contribution in [3.63, 3.8) is 0 Å². The van der Waals surface area contributed by atoms with Crippen molar-refractivity contribution in [1.29, 1.82) is 0 Å². The van der Waals surface area contributed by atoms with Crippen LogP contribution in [0.15, 0.2) is 57.9 Å². The molecule has 1 heterocycles. The van der Waals surface area contributed by atoms with Crippen LogP contribution in [0.2, 0.25) is 0 Å². The lowest BCUT2D eigenvalue weighted by Crippen LogP contribution is -2.47. The van der Waals surface area contributed by atoms with E-state index >= 15 is 0 Å². The minimum Gasteiger partial charge on any atom is -0.381 e. The fraction of sp³-hybridized carbons (Fsp3) is 0.350. The van der Waals surface area contributed by atoms with E-state index in [1.54, 1.807) is 18.2 Å². The minimum absolute atomic E-state index is 0.0694. The third kappa shape index (κ3) is 4.46. The molecule has 0 spiro atoms. The van der Waals surface area contributed by atoms with Crippen molar-refractivity contribution in [2.75, 3.05) is 20.3 Å². The van der Waals surface area contributed by atoms with Crippen molar-refractivity contribution in [2.24, 2.45) is 0 Å². The van der Waals surface area contributed by atoms with Gasteiger partial charge in [-0.2, -0.15) is 0 Å². The van der Waals surface area contributed by atoms with Crippen LogP contribution in [-0.4, -0.2) is 34.6 Å². The van der Waals surface area contributed by atoms with Gasteiger partial charge in [0.15, 0.2) is 0 Å². The van der Waals surface area contributed by atoms with E-state index in [1.807, 2.05) is 24.3 Å².